The Bertz CT molecular complexity index is 596. The Morgan fingerprint density at radius 3 is 2.96 bits per heavy atom. The predicted molar refractivity (Wildman–Crippen MR) is 89.1 cm³/mol. The molecule has 6 nitrogen and oxygen atoms in total. The molecular weight excluding hydrogens is 351 g/mol. The molecule has 1 unspecified atom stereocenters. The third-order valence-electron chi connectivity index (χ3n) is 3.72. The quantitative estimate of drug-likeness (QED) is 0.791. The summed E-state index contributed by atoms with van der Waals surface area (Å²) >= 11 is 0. The maximum absolute atomic E-state index is 12.3. The minimum absolute atomic E-state index is 0.0356. The average Bonchev–Trinajstić information content (AvgIpc) is 2.57. The van der Waals surface area contributed by atoms with Gasteiger partial charge in [0.15, 0.2) is 6.61 Å². The highest BCUT2D eigenvalue weighted by molar-refractivity contribution is 5.96. The molecule has 146 valence electrons. The van der Waals surface area contributed by atoms with E-state index >= 15 is 0 Å². The smallest absolute Gasteiger partial charge is 0.422 e. The van der Waals surface area contributed by atoms with Gasteiger partial charge in [-0.05, 0) is 18.1 Å². The lowest BCUT2D eigenvalue weighted by molar-refractivity contribution is -0.154. The number of alkyl halides is 3. The molecule has 0 spiro atoms. The summed E-state index contributed by atoms with van der Waals surface area (Å²) in [5, 5.41) is 2.69. The molecular formula is C17H24F3N3O3. The number of ether oxygens (including phenoxy) is 2. The van der Waals surface area contributed by atoms with Gasteiger partial charge in [0, 0.05) is 32.4 Å². The van der Waals surface area contributed by atoms with Crippen LogP contribution in [0.1, 0.15) is 24.2 Å². The normalized spacial score (nSPS) is 18.8. The van der Waals surface area contributed by atoms with Gasteiger partial charge in [-0.2, -0.15) is 13.2 Å². The van der Waals surface area contributed by atoms with Gasteiger partial charge in [-0.1, -0.05) is 13.8 Å². The molecule has 1 N–H and O–H groups in total. The lowest BCUT2D eigenvalue weighted by atomic mass is 10.1. The summed E-state index contributed by atoms with van der Waals surface area (Å²) in [6.07, 6.45) is -3.39. The average molecular weight is 375 g/mol. The van der Waals surface area contributed by atoms with Gasteiger partial charge in [-0.15, -0.1) is 0 Å². The monoisotopic (exact) mass is 375 g/mol. The highest BCUT2D eigenvalue weighted by Crippen LogP contribution is 2.20. The number of hydrogen-bond donors (Lipinski definition) is 1. The molecule has 0 radical (unpaired) electrons. The zero-order chi connectivity index (χ0) is 19.2. The van der Waals surface area contributed by atoms with Gasteiger partial charge in [-0.25, -0.2) is 4.98 Å². The minimum atomic E-state index is -4.50. The molecule has 1 aliphatic rings. The van der Waals surface area contributed by atoms with Crippen molar-refractivity contribution in [3.63, 3.8) is 0 Å². The summed E-state index contributed by atoms with van der Waals surface area (Å²) in [5.41, 5.74) is -0.0356. The highest BCUT2D eigenvalue weighted by Gasteiger charge is 2.30. The summed E-state index contributed by atoms with van der Waals surface area (Å²) < 4.78 is 47.2. The number of pyridine rings is 1. The molecule has 0 bridgehead atoms. The first-order valence-corrected chi connectivity index (χ1v) is 8.51. The van der Waals surface area contributed by atoms with E-state index in [-0.39, 0.29) is 24.1 Å². The topological polar surface area (TPSA) is 63.7 Å². The molecule has 1 saturated heterocycles. The van der Waals surface area contributed by atoms with Crippen molar-refractivity contribution in [1.82, 2.24) is 15.2 Å². The number of nitrogens with one attached hydrogen (secondary N) is 1. The van der Waals surface area contributed by atoms with Crippen LogP contribution in [-0.2, 0) is 4.74 Å². The van der Waals surface area contributed by atoms with Gasteiger partial charge in [0.25, 0.3) is 5.91 Å². The number of carbonyl (C=O) groups is 1. The van der Waals surface area contributed by atoms with Crippen molar-refractivity contribution in [2.24, 2.45) is 5.92 Å². The van der Waals surface area contributed by atoms with Crippen molar-refractivity contribution in [1.29, 1.82) is 0 Å². The van der Waals surface area contributed by atoms with Crippen molar-refractivity contribution in [2.75, 3.05) is 39.4 Å². The van der Waals surface area contributed by atoms with E-state index in [1.807, 2.05) is 0 Å². The molecule has 1 fully saturated rings. The molecule has 26 heavy (non-hydrogen) atoms. The maximum atomic E-state index is 12.3. The fourth-order valence-electron chi connectivity index (χ4n) is 2.72. The number of carbonyl (C=O) groups excluding carboxylic acids is 1. The van der Waals surface area contributed by atoms with Crippen LogP contribution in [0, 0.1) is 5.92 Å². The zero-order valence-corrected chi connectivity index (χ0v) is 14.9. The lowest BCUT2D eigenvalue weighted by Gasteiger charge is -2.33. The Labute approximate surface area is 150 Å². The van der Waals surface area contributed by atoms with Crippen LogP contribution < -0.4 is 10.1 Å². The fraction of sp³-hybridized carbons (Fsp3) is 0.647. The summed E-state index contributed by atoms with van der Waals surface area (Å²) in [6.45, 7) is 6.12. The standard InChI is InChI=1S/C17H24F3N3O3/c1-12(2)9-23-6-7-25-13(10-23)8-22-15(24)14-4-3-5-21-16(14)26-11-17(18,19)20/h3-5,12-13H,6-11H2,1-2H3,(H,22,24). The van der Waals surface area contributed by atoms with E-state index in [4.69, 9.17) is 4.74 Å². The molecule has 9 heteroatoms. The lowest BCUT2D eigenvalue weighted by Crippen LogP contribution is -2.48. The van der Waals surface area contributed by atoms with E-state index in [0.717, 1.165) is 13.1 Å². The molecule has 1 amide bonds. The molecule has 1 aliphatic heterocycles. The number of hydrogen-bond acceptors (Lipinski definition) is 5. The van der Waals surface area contributed by atoms with Crippen LogP contribution in [0.4, 0.5) is 13.2 Å². The third-order valence-corrected chi connectivity index (χ3v) is 3.72. The van der Waals surface area contributed by atoms with Crippen LogP contribution in [-0.4, -0.2) is 67.5 Å². The number of nitrogens with zero attached hydrogens (tertiary/aromatic N) is 2. The van der Waals surface area contributed by atoms with Crippen molar-refractivity contribution < 1.29 is 27.4 Å². The van der Waals surface area contributed by atoms with Gasteiger partial charge in [0.05, 0.1) is 12.7 Å². The number of amides is 1. The Morgan fingerprint density at radius 1 is 1.50 bits per heavy atom. The second-order valence-corrected chi connectivity index (χ2v) is 6.62. The van der Waals surface area contributed by atoms with Crippen LogP contribution in [0.15, 0.2) is 18.3 Å². The fourth-order valence-corrected chi connectivity index (χ4v) is 2.72. The largest absolute Gasteiger partial charge is 0.467 e. The third kappa shape index (κ3) is 6.80. The predicted octanol–water partition coefficient (Wildman–Crippen LogP) is 2.11. The van der Waals surface area contributed by atoms with Crippen LogP contribution in [0.3, 0.4) is 0 Å². The van der Waals surface area contributed by atoms with Gasteiger partial charge in [0.1, 0.15) is 5.56 Å². The van der Waals surface area contributed by atoms with E-state index in [9.17, 15) is 18.0 Å². The maximum Gasteiger partial charge on any atom is 0.422 e. The van der Waals surface area contributed by atoms with Gasteiger partial charge >= 0.3 is 6.18 Å². The minimum Gasteiger partial charge on any atom is -0.467 e. The summed E-state index contributed by atoms with van der Waals surface area (Å²) in [6, 6.07) is 2.84. The van der Waals surface area contributed by atoms with Crippen molar-refractivity contribution in [3.8, 4) is 5.88 Å². The Kier molecular flexibility index (Phi) is 7.22. The van der Waals surface area contributed by atoms with E-state index in [1.54, 1.807) is 0 Å². The van der Waals surface area contributed by atoms with Gasteiger partial charge in [0.2, 0.25) is 5.88 Å². The first-order valence-electron chi connectivity index (χ1n) is 8.51. The molecule has 1 aromatic heterocycles. The molecule has 0 saturated carbocycles. The second kappa shape index (κ2) is 9.18. The number of aromatic nitrogens is 1. The Morgan fingerprint density at radius 2 is 2.27 bits per heavy atom. The first-order chi connectivity index (χ1) is 12.2. The SMILES string of the molecule is CC(C)CN1CCOC(CNC(=O)c2cccnc2OCC(F)(F)F)C1. The Hall–Kier alpha value is -1.87. The number of rotatable bonds is 7. The summed E-state index contributed by atoms with van der Waals surface area (Å²) in [4.78, 5) is 18.3. The van der Waals surface area contributed by atoms with Crippen molar-refractivity contribution in [3.05, 3.63) is 23.9 Å². The molecule has 0 aliphatic carbocycles. The molecule has 2 rings (SSSR count). The van der Waals surface area contributed by atoms with E-state index < -0.39 is 18.7 Å². The van der Waals surface area contributed by atoms with Crippen LogP contribution in [0.5, 0.6) is 5.88 Å². The molecule has 2 heterocycles. The van der Waals surface area contributed by atoms with Crippen LogP contribution >= 0.6 is 0 Å². The Balaban J connectivity index is 1.89. The van der Waals surface area contributed by atoms with E-state index in [2.05, 4.69) is 33.8 Å². The van der Waals surface area contributed by atoms with Crippen LogP contribution in [0.2, 0.25) is 0 Å². The number of morpholine rings is 1. The molecule has 1 atom stereocenters. The van der Waals surface area contributed by atoms with E-state index in [1.165, 1.54) is 18.3 Å². The summed E-state index contributed by atoms with van der Waals surface area (Å²) in [7, 11) is 0. The van der Waals surface area contributed by atoms with Gasteiger partial charge < -0.3 is 14.8 Å². The van der Waals surface area contributed by atoms with Crippen molar-refractivity contribution >= 4 is 5.91 Å². The van der Waals surface area contributed by atoms with E-state index in [0.29, 0.717) is 19.1 Å². The van der Waals surface area contributed by atoms with Gasteiger partial charge in [-0.3, -0.25) is 9.69 Å². The second-order valence-electron chi connectivity index (χ2n) is 6.62. The zero-order valence-electron chi connectivity index (χ0n) is 14.9. The molecule has 1 aromatic rings. The molecule has 0 aromatic carbocycles. The van der Waals surface area contributed by atoms with Crippen LogP contribution in [0.25, 0.3) is 0 Å². The summed E-state index contributed by atoms with van der Waals surface area (Å²) in [5.74, 6) is -0.347. The van der Waals surface area contributed by atoms with Crippen molar-refractivity contribution in [2.45, 2.75) is 26.1 Å². The highest BCUT2D eigenvalue weighted by atomic mass is 19.4. The first kappa shape index (κ1) is 20.4. The number of halogens is 3.